The highest BCUT2D eigenvalue weighted by Crippen LogP contribution is 2.18. The van der Waals surface area contributed by atoms with Crippen molar-refractivity contribution in [3.05, 3.63) is 59.4 Å². The predicted octanol–water partition coefficient (Wildman–Crippen LogP) is 2.99. The van der Waals surface area contributed by atoms with Gasteiger partial charge in [-0.3, -0.25) is 4.98 Å². The van der Waals surface area contributed by atoms with Gasteiger partial charge in [-0.15, -0.1) is 0 Å². The van der Waals surface area contributed by atoms with Gasteiger partial charge in [0.05, 0.1) is 12.2 Å². The van der Waals surface area contributed by atoms with Crippen LogP contribution in [0.2, 0.25) is 0 Å². The Morgan fingerprint density at radius 1 is 1.12 bits per heavy atom. The van der Waals surface area contributed by atoms with Crippen molar-refractivity contribution in [1.29, 1.82) is 0 Å². The smallest absolute Gasteiger partial charge is 0.194 e. The molecule has 1 aliphatic heterocycles. The van der Waals surface area contributed by atoms with Crippen LogP contribution in [0.15, 0.2) is 47.6 Å². The molecule has 0 spiro atoms. The summed E-state index contributed by atoms with van der Waals surface area (Å²) in [5.41, 5.74) is 4.86. The number of aromatic nitrogens is 1. The van der Waals surface area contributed by atoms with Crippen LogP contribution in [0.4, 0.5) is 5.69 Å². The Balaban J connectivity index is 1.64. The zero-order chi connectivity index (χ0) is 18.4. The topological polar surface area (TPSA) is 43.8 Å². The monoisotopic (exact) mass is 351 g/mol. The molecule has 0 amide bonds. The second-order valence-electron chi connectivity index (χ2n) is 6.75. The van der Waals surface area contributed by atoms with Gasteiger partial charge in [-0.1, -0.05) is 18.2 Å². The maximum absolute atomic E-state index is 4.83. The normalized spacial score (nSPS) is 15.3. The zero-order valence-corrected chi connectivity index (χ0v) is 16.1. The Morgan fingerprint density at radius 2 is 1.92 bits per heavy atom. The van der Waals surface area contributed by atoms with Crippen LogP contribution in [0.5, 0.6) is 0 Å². The quantitative estimate of drug-likeness (QED) is 0.679. The van der Waals surface area contributed by atoms with Gasteiger partial charge in [0.2, 0.25) is 0 Å². The SMILES string of the molecule is CCNC(=NCc1ncccc1C)N1CCN(c2cccc(C)c2)CC1. The minimum absolute atomic E-state index is 0.618. The molecule has 0 aliphatic carbocycles. The lowest BCUT2D eigenvalue weighted by Gasteiger charge is -2.37. The Bertz CT molecular complexity index is 748. The third-order valence-corrected chi connectivity index (χ3v) is 4.78. The number of anilines is 1. The minimum atomic E-state index is 0.618. The molecule has 1 aliphatic rings. The van der Waals surface area contributed by atoms with Crippen LogP contribution in [-0.2, 0) is 6.54 Å². The molecule has 3 rings (SSSR count). The lowest BCUT2D eigenvalue weighted by molar-refractivity contribution is 0.372. The molecule has 138 valence electrons. The highest BCUT2D eigenvalue weighted by molar-refractivity contribution is 5.80. The average Bonchev–Trinajstić information content (AvgIpc) is 2.66. The molecule has 5 nitrogen and oxygen atoms in total. The third kappa shape index (κ3) is 4.54. The van der Waals surface area contributed by atoms with Crippen molar-refractivity contribution in [3.63, 3.8) is 0 Å². The fraction of sp³-hybridized carbons (Fsp3) is 0.429. The minimum Gasteiger partial charge on any atom is -0.368 e. The van der Waals surface area contributed by atoms with Crippen molar-refractivity contribution < 1.29 is 0 Å². The number of aliphatic imine (C=N–C) groups is 1. The van der Waals surface area contributed by atoms with E-state index in [0.29, 0.717) is 6.54 Å². The molecule has 0 radical (unpaired) electrons. The molecule has 0 saturated carbocycles. The molecule has 0 bridgehead atoms. The molecule has 1 aromatic carbocycles. The summed E-state index contributed by atoms with van der Waals surface area (Å²) in [5.74, 6) is 0.987. The number of pyridine rings is 1. The van der Waals surface area contributed by atoms with Crippen LogP contribution < -0.4 is 10.2 Å². The molecular formula is C21H29N5. The maximum Gasteiger partial charge on any atom is 0.194 e. The molecule has 0 unspecified atom stereocenters. The summed E-state index contributed by atoms with van der Waals surface area (Å²) >= 11 is 0. The summed E-state index contributed by atoms with van der Waals surface area (Å²) in [6.45, 7) is 11.8. The van der Waals surface area contributed by atoms with Gasteiger partial charge in [0.1, 0.15) is 0 Å². The van der Waals surface area contributed by atoms with E-state index in [2.05, 4.69) is 71.2 Å². The van der Waals surface area contributed by atoms with Crippen LogP contribution >= 0.6 is 0 Å². The van der Waals surface area contributed by atoms with Gasteiger partial charge in [-0.05, 0) is 50.1 Å². The average molecular weight is 351 g/mol. The molecule has 26 heavy (non-hydrogen) atoms. The van der Waals surface area contributed by atoms with E-state index in [4.69, 9.17) is 4.99 Å². The third-order valence-electron chi connectivity index (χ3n) is 4.78. The van der Waals surface area contributed by atoms with E-state index in [1.165, 1.54) is 16.8 Å². The number of hydrogen-bond acceptors (Lipinski definition) is 3. The van der Waals surface area contributed by atoms with Gasteiger partial charge in [0.25, 0.3) is 0 Å². The molecule has 2 aromatic rings. The van der Waals surface area contributed by atoms with Crippen LogP contribution in [-0.4, -0.2) is 48.6 Å². The van der Waals surface area contributed by atoms with Crippen molar-refractivity contribution in [2.45, 2.75) is 27.3 Å². The number of benzene rings is 1. The number of piperazine rings is 1. The molecule has 1 saturated heterocycles. The Hall–Kier alpha value is -2.56. The van der Waals surface area contributed by atoms with E-state index in [9.17, 15) is 0 Å². The van der Waals surface area contributed by atoms with Crippen LogP contribution in [0.25, 0.3) is 0 Å². The van der Waals surface area contributed by atoms with E-state index in [1.807, 2.05) is 12.3 Å². The van der Waals surface area contributed by atoms with Gasteiger partial charge >= 0.3 is 0 Å². The first-order valence-electron chi connectivity index (χ1n) is 9.42. The Kier molecular flexibility index (Phi) is 6.10. The largest absolute Gasteiger partial charge is 0.368 e. The molecule has 1 N–H and O–H groups in total. The molecule has 1 fully saturated rings. The lowest BCUT2D eigenvalue weighted by atomic mass is 10.2. The van der Waals surface area contributed by atoms with E-state index >= 15 is 0 Å². The fourth-order valence-corrected chi connectivity index (χ4v) is 3.26. The van der Waals surface area contributed by atoms with Gasteiger partial charge < -0.3 is 15.1 Å². The van der Waals surface area contributed by atoms with E-state index in [-0.39, 0.29) is 0 Å². The highest BCUT2D eigenvalue weighted by Gasteiger charge is 2.20. The van der Waals surface area contributed by atoms with Gasteiger partial charge in [-0.25, -0.2) is 4.99 Å². The second-order valence-corrected chi connectivity index (χ2v) is 6.75. The van der Waals surface area contributed by atoms with Crippen LogP contribution in [0.3, 0.4) is 0 Å². The zero-order valence-electron chi connectivity index (χ0n) is 16.1. The van der Waals surface area contributed by atoms with Gasteiger partial charge in [0.15, 0.2) is 5.96 Å². The number of hydrogen-bond donors (Lipinski definition) is 1. The van der Waals surface area contributed by atoms with Crippen LogP contribution in [0, 0.1) is 13.8 Å². The van der Waals surface area contributed by atoms with Crippen LogP contribution in [0.1, 0.15) is 23.7 Å². The van der Waals surface area contributed by atoms with Gasteiger partial charge in [-0.2, -0.15) is 0 Å². The summed E-state index contributed by atoms with van der Waals surface area (Å²) < 4.78 is 0. The van der Waals surface area contributed by atoms with Gasteiger partial charge in [0, 0.05) is 44.6 Å². The van der Waals surface area contributed by atoms with Crippen molar-refractivity contribution in [2.75, 3.05) is 37.6 Å². The first-order chi connectivity index (χ1) is 12.7. The Morgan fingerprint density at radius 3 is 2.62 bits per heavy atom. The molecule has 5 heteroatoms. The summed E-state index contributed by atoms with van der Waals surface area (Å²) in [6.07, 6.45) is 1.84. The predicted molar refractivity (Wildman–Crippen MR) is 109 cm³/mol. The number of rotatable bonds is 4. The van der Waals surface area contributed by atoms with E-state index in [0.717, 1.165) is 44.4 Å². The number of nitrogens with zero attached hydrogens (tertiary/aromatic N) is 4. The lowest BCUT2D eigenvalue weighted by Crippen LogP contribution is -2.52. The van der Waals surface area contributed by atoms with E-state index < -0.39 is 0 Å². The Labute approximate surface area is 156 Å². The summed E-state index contributed by atoms with van der Waals surface area (Å²) in [7, 11) is 0. The first-order valence-corrected chi connectivity index (χ1v) is 9.42. The van der Waals surface area contributed by atoms with Crippen molar-refractivity contribution >= 4 is 11.6 Å². The fourth-order valence-electron chi connectivity index (χ4n) is 3.26. The van der Waals surface area contributed by atoms with Crippen molar-refractivity contribution in [2.24, 2.45) is 4.99 Å². The number of nitrogens with one attached hydrogen (secondary N) is 1. The standard InChI is InChI=1S/C21H29N5/c1-4-22-21(24-16-20-18(3)8-6-10-23-20)26-13-11-25(12-14-26)19-9-5-7-17(2)15-19/h5-10,15H,4,11-14,16H2,1-3H3,(H,22,24). The van der Waals surface area contributed by atoms with Crippen molar-refractivity contribution in [1.82, 2.24) is 15.2 Å². The van der Waals surface area contributed by atoms with Crippen molar-refractivity contribution in [3.8, 4) is 0 Å². The summed E-state index contributed by atoms with van der Waals surface area (Å²) in [5, 5.41) is 3.44. The maximum atomic E-state index is 4.83. The molecular weight excluding hydrogens is 322 g/mol. The summed E-state index contributed by atoms with van der Waals surface area (Å²) in [4.78, 5) is 14.1. The number of aryl methyl sites for hydroxylation is 2. The highest BCUT2D eigenvalue weighted by atomic mass is 15.3. The first kappa shape index (κ1) is 18.2. The molecule has 1 aromatic heterocycles. The van der Waals surface area contributed by atoms with E-state index in [1.54, 1.807) is 0 Å². The second kappa shape index (κ2) is 8.70. The number of guanidine groups is 1. The summed E-state index contributed by atoms with van der Waals surface area (Å²) in [6, 6.07) is 12.8. The molecule has 0 atom stereocenters. The molecule has 2 heterocycles.